The van der Waals surface area contributed by atoms with Crippen LogP contribution in [0.4, 0.5) is 5.69 Å². The molecule has 5 rings (SSSR count). The largest absolute Gasteiger partial charge is 0.368 e. The standard InChI is InChI=1S/C24H29N5O/c1-2-28-12-10-18-13-19(14-26-23(18)28)24(30)25-11-9-17-3-7-22(8-4-17)29-15-20-5-6-21(16-29)27-20/h3-4,7-8,10,12-14,20-21,27H,2,5-6,9,11,15-16H2,1H3,(H,25,30). The normalized spacial score (nSPS) is 20.6. The molecular formula is C24H29N5O. The van der Waals surface area contributed by atoms with Crippen molar-refractivity contribution < 1.29 is 4.79 Å². The highest BCUT2D eigenvalue weighted by Crippen LogP contribution is 2.25. The second-order valence-electron chi connectivity index (χ2n) is 8.45. The van der Waals surface area contributed by atoms with Crippen LogP contribution in [0.25, 0.3) is 11.0 Å². The molecule has 156 valence electrons. The number of nitrogens with one attached hydrogen (secondary N) is 2. The summed E-state index contributed by atoms with van der Waals surface area (Å²) in [7, 11) is 0. The Hall–Kier alpha value is -2.86. The topological polar surface area (TPSA) is 62.2 Å². The van der Waals surface area contributed by atoms with Gasteiger partial charge in [0.05, 0.1) is 5.56 Å². The van der Waals surface area contributed by atoms with Crippen LogP contribution >= 0.6 is 0 Å². The number of aromatic nitrogens is 2. The number of amides is 1. The van der Waals surface area contributed by atoms with Crippen LogP contribution in [-0.4, -0.2) is 47.2 Å². The Morgan fingerprint density at radius 2 is 1.93 bits per heavy atom. The summed E-state index contributed by atoms with van der Waals surface area (Å²) >= 11 is 0. The van der Waals surface area contributed by atoms with Gasteiger partial charge in [-0.25, -0.2) is 4.98 Å². The fourth-order valence-corrected chi connectivity index (χ4v) is 4.76. The van der Waals surface area contributed by atoms with Gasteiger partial charge < -0.3 is 20.1 Å². The van der Waals surface area contributed by atoms with Crippen LogP contribution in [0.15, 0.2) is 48.8 Å². The zero-order valence-electron chi connectivity index (χ0n) is 17.5. The zero-order valence-corrected chi connectivity index (χ0v) is 17.5. The number of hydrogen-bond acceptors (Lipinski definition) is 4. The number of carbonyl (C=O) groups is 1. The zero-order chi connectivity index (χ0) is 20.5. The highest BCUT2D eigenvalue weighted by atomic mass is 16.1. The number of anilines is 1. The van der Waals surface area contributed by atoms with Crippen molar-refractivity contribution in [3.8, 4) is 0 Å². The quantitative estimate of drug-likeness (QED) is 0.664. The number of nitrogens with zero attached hydrogens (tertiary/aromatic N) is 3. The second-order valence-corrected chi connectivity index (χ2v) is 8.45. The molecule has 4 heterocycles. The third-order valence-corrected chi connectivity index (χ3v) is 6.42. The van der Waals surface area contributed by atoms with Crippen molar-refractivity contribution in [2.24, 2.45) is 0 Å². The van der Waals surface area contributed by atoms with Crippen LogP contribution in [-0.2, 0) is 13.0 Å². The van der Waals surface area contributed by atoms with Crippen LogP contribution in [0.1, 0.15) is 35.7 Å². The fraction of sp³-hybridized carbons (Fsp3) is 0.417. The van der Waals surface area contributed by atoms with Crippen LogP contribution in [0.3, 0.4) is 0 Å². The first-order valence-electron chi connectivity index (χ1n) is 11.0. The average molecular weight is 404 g/mol. The van der Waals surface area contributed by atoms with Gasteiger partial charge in [0.2, 0.25) is 0 Å². The number of carbonyl (C=O) groups excluding carboxylic acids is 1. The summed E-state index contributed by atoms with van der Waals surface area (Å²) in [5, 5.41) is 7.71. The minimum absolute atomic E-state index is 0.0680. The van der Waals surface area contributed by atoms with Crippen molar-refractivity contribution in [1.82, 2.24) is 20.2 Å². The Morgan fingerprint density at radius 1 is 1.17 bits per heavy atom. The van der Waals surface area contributed by atoms with E-state index in [-0.39, 0.29) is 5.91 Å². The molecular weight excluding hydrogens is 374 g/mol. The molecule has 3 aromatic rings. The SMILES string of the molecule is CCn1ccc2cc(C(=O)NCCc3ccc(N4CC5CCC(C4)N5)cc3)cnc21. The van der Waals surface area contributed by atoms with E-state index in [1.807, 2.05) is 18.3 Å². The van der Waals surface area contributed by atoms with Crippen molar-refractivity contribution in [3.63, 3.8) is 0 Å². The van der Waals surface area contributed by atoms with Crippen LogP contribution in [0, 0.1) is 0 Å². The summed E-state index contributed by atoms with van der Waals surface area (Å²) in [5.41, 5.74) is 4.08. The maximum absolute atomic E-state index is 12.5. The Bertz CT molecular complexity index is 1030. The molecule has 2 aromatic heterocycles. The van der Waals surface area contributed by atoms with Gasteiger partial charge in [0, 0.05) is 61.7 Å². The smallest absolute Gasteiger partial charge is 0.252 e. The lowest BCUT2D eigenvalue weighted by atomic mass is 10.1. The van der Waals surface area contributed by atoms with Gasteiger partial charge in [-0.15, -0.1) is 0 Å². The molecule has 2 atom stereocenters. The number of aryl methyl sites for hydroxylation is 1. The van der Waals surface area contributed by atoms with Crippen LogP contribution in [0.2, 0.25) is 0 Å². The van der Waals surface area contributed by atoms with E-state index >= 15 is 0 Å². The molecule has 2 saturated heterocycles. The summed E-state index contributed by atoms with van der Waals surface area (Å²) in [4.78, 5) is 19.5. The molecule has 2 unspecified atom stereocenters. The van der Waals surface area contributed by atoms with E-state index in [4.69, 9.17) is 0 Å². The van der Waals surface area contributed by atoms with Crippen LogP contribution < -0.4 is 15.5 Å². The number of piperazine rings is 1. The highest BCUT2D eigenvalue weighted by Gasteiger charge is 2.32. The molecule has 0 radical (unpaired) electrons. The summed E-state index contributed by atoms with van der Waals surface area (Å²) < 4.78 is 2.08. The molecule has 6 heteroatoms. The first-order chi connectivity index (χ1) is 14.7. The molecule has 2 aliphatic heterocycles. The lowest BCUT2D eigenvalue weighted by Crippen LogP contribution is -2.51. The molecule has 0 spiro atoms. The lowest BCUT2D eigenvalue weighted by molar-refractivity contribution is 0.0954. The molecule has 2 fully saturated rings. The summed E-state index contributed by atoms with van der Waals surface area (Å²) in [6.45, 7) is 5.78. The minimum Gasteiger partial charge on any atom is -0.368 e. The maximum Gasteiger partial charge on any atom is 0.252 e. The van der Waals surface area contributed by atoms with Gasteiger partial charge in [-0.05, 0) is 56.0 Å². The van der Waals surface area contributed by atoms with E-state index < -0.39 is 0 Å². The average Bonchev–Trinajstić information content (AvgIpc) is 3.35. The third-order valence-electron chi connectivity index (χ3n) is 6.42. The molecule has 1 aromatic carbocycles. The summed E-state index contributed by atoms with van der Waals surface area (Å²) in [6, 6.07) is 14.0. The van der Waals surface area contributed by atoms with Crippen molar-refractivity contribution in [1.29, 1.82) is 0 Å². The third kappa shape index (κ3) is 3.79. The van der Waals surface area contributed by atoms with Gasteiger partial charge in [0.1, 0.15) is 5.65 Å². The predicted octanol–water partition coefficient (Wildman–Crippen LogP) is 2.97. The molecule has 0 saturated carbocycles. The molecule has 1 amide bonds. The molecule has 2 N–H and O–H groups in total. The fourth-order valence-electron chi connectivity index (χ4n) is 4.76. The maximum atomic E-state index is 12.5. The van der Waals surface area contributed by atoms with E-state index in [1.54, 1.807) is 6.20 Å². The van der Waals surface area contributed by atoms with Gasteiger partial charge >= 0.3 is 0 Å². The molecule has 2 bridgehead atoms. The highest BCUT2D eigenvalue weighted by molar-refractivity contribution is 5.96. The Labute approximate surface area is 177 Å². The summed E-state index contributed by atoms with van der Waals surface area (Å²) in [6.07, 6.45) is 7.09. The minimum atomic E-state index is -0.0680. The number of pyridine rings is 1. The number of rotatable bonds is 6. The number of benzene rings is 1. The van der Waals surface area contributed by atoms with E-state index in [1.165, 1.54) is 24.1 Å². The van der Waals surface area contributed by atoms with Gasteiger partial charge in [0.15, 0.2) is 0 Å². The first-order valence-corrected chi connectivity index (χ1v) is 11.0. The van der Waals surface area contributed by atoms with Crippen molar-refractivity contribution in [3.05, 3.63) is 59.9 Å². The molecule has 2 aliphatic rings. The molecule has 0 aliphatic carbocycles. The van der Waals surface area contributed by atoms with Gasteiger partial charge in [-0.3, -0.25) is 4.79 Å². The van der Waals surface area contributed by atoms with Crippen molar-refractivity contribution >= 4 is 22.6 Å². The van der Waals surface area contributed by atoms with Gasteiger partial charge in [-0.2, -0.15) is 0 Å². The predicted molar refractivity (Wildman–Crippen MR) is 120 cm³/mol. The van der Waals surface area contributed by atoms with E-state index in [0.29, 0.717) is 24.2 Å². The first kappa shape index (κ1) is 19.1. The second kappa shape index (κ2) is 8.11. The molecule has 30 heavy (non-hydrogen) atoms. The van der Waals surface area contributed by atoms with Gasteiger partial charge in [-0.1, -0.05) is 12.1 Å². The Balaban J connectivity index is 1.15. The van der Waals surface area contributed by atoms with E-state index in [0.717, 1.165) is 37.1 Å². The monoisotopic (exact) mass is 403 g/mol. The number of fused-ring (bicyclic) bond motifs is 3. The van der Waals surface area contributed by atoms with Gasteiger partial charge in [0.25, 0.3) is 5.91 Å². The summed E-state index contributed by atoms with van der Waals surface area (Å²) in [5.74, 6) is -0.0680. The van der Waals surface area contributed by atoms with E-state index in [9.17, 15) is 4.79 Å². The Morgan fingerprint density at radius 3 is 2.67 bits per heavy atom. The Kier molecular flexibility index (Phi) is 5.17. The molecule has 6 nitrogen and oxygen atoms in total. The van der Waals surface area contributed by atoms with Crippen LogP contribution in [0.5, 0.6) is 0 Å². The lowest BCUT2D eigenvalue weighted by Gasteiger charge is -2.34. The van der Waals surface area contributed by atoms with Crippen molar-refractivity contribution in [2.45, 2.75) is 44.8 Å². The van der Waals surface area contributed by atoms with Crippen molar-refractivity contribution in [2.75, 3.05) is 24.5 Å². The number of hydrogen-bond donors (Lipinski definition) is 2. The van der Waals surface area contributed by atoms with E-state index in [2.05, 4.69) is 56.3 Å².